The first-order valence-electron chi connectivity index (χ1n) is 24.9. The molecular formula is C50H99NO5. The van der Waals surface area contributed by atoms with Crippen molar-refractivity contribution in [2.45, 2.75) is 259 Å². The van der Waals surface area contributed by atoms with E-state index in [1.165, 1.54) is 141 Å². The number of hydrogen-bond donors (Lipinski definition) is 1. The van der Waals surface area contributed by atoms with Gasteiger partial charge < -0.3 is 19.5 Å². The number of nitrogens with zero attached hydrogens (tertiary/aromatic N) is 1. The first-order chi connectivity index (χ1) is 27.3. The SMILES string of the molecule is CCCCCCCCCC(=O)OCCC(C)(C)CCCCCN(CCCCO)CCCCCCC(=O)OCCC(CCCCCCCC)CCCCCCCC. The van der Waals surface area contributed by atoms with Crippen molar-refractivity contribution in [3.8, 4) is 0 Å². The van der Waals surface area contributed by atoms with Gasteiger partial charge in [-0.15, -0.1) is 0 Å². The smallest absolute Gasteiger partial charge is 0.305 e. The molecule has 0 aromatic rings. The monoisotopic (exact) mass is 794 g/mol. The van der Waals surface area contributed by atoms with E-state index in [0.717, 1.165) is 90.3 Å². The third-order valence-electron chi connectivity index (χ3n) is 12.1. The number of aliphatic hydroxyl groups excluding tert-OH is 1. The lowest BCUT2D eigenvalue weighted by atomic mass is 9.84. The molecule has 6 nitrogen and oxygen atoms in total. The Hall–Kier alpha value is -1.14. The van der Waals surface area contributed by atoms with Gasteiger partial charge in [-0.2, -0.15) is 0 Å². The zero-order valence-corrected chi connectivity index (χ0v) is 38.6. The van der Waals surface area contributed by atoms with E-state index in [2.05, 4.69) is 39.5 Å². The van der Waals surface area contributed by atoms with E-state index in [1.54, 1.807) is 0 Å². The summed E-state index contributed by atoms with van der Waals surface area (Å²) in [4.78, 5) is 27.3. The molecular weight excluding hydrogens is 695 g/mol. The van der Waals surface area contributed by atoms with Crippen LogP contribution in [0.2, 0.25) is 0 Å². The molecule has 1 N–H and O–H groups in total. The van der Waals surface area contributed by atoms with Crippen LogP contribution in [0.25, 0.3) is 0 Å². The van der Waals surface area contributed by atoms with E-state index < -0.39 is 0 Å². The van der Waals surface area contributed by atoms with Crippen molar-refractivity contribution in [2.24, 2.45) is 11.3 Å². The third-order valence-corrected chi connectivity index (χ3v) is 12.1. The maximum atomic E-state index is 12.6. The second-order valence-corrected chi connectivity index (χ2v) is 18.2. The number of hydrogen-bond acceptors (Lipinski definition) is 6. The van der Waals surface area contributed by atoms with E-state index in [0.29, 0.717) is 32.0 Å². The fourth-order valence-corrected chi connectivity index (χ4v) is 7.99. The van der Waals surface area contributed by atoms with Gasteiger partial charge in [0.1, 0.15) is 0 Å². The summed E-state index contributed by atoms with van der Waals surface area (Å²) in [5.74, 6) is 0.681. The third kappa shape index (κ3) is 39.7. The number of aliphatic hydroxyl groups is 1. The fourth-order valence-electron chi connectivity index (χ4n) is 7.99. The Morgan fingerprint density at radius 2 is 0.857 bits per heavy atom. The molecule has 0 fully saturated rings. The van der Waals surface area contributed by atoms with Crippen LogP contribution in [-0.2, 0) is 19.1 Å². The summed E-state index contributed by atoms with van der Waals surface area (Å²) in [6, 6.07) is 0. The van der Waals surface area contributed by atoms with Crippen LogP contribution in [-0.4, -0.2) is 61.4 Å². The van der Waals surface area contributed by atoms with Crippen LogP contribution < -0.4 is 0 Å². The summed E-state index contributed by atoms with van der Waals surface area (Å²) in [6.45, 7) is 16.1. The standard InChI is InChI=1S/C50H99NO5/c1-6-9-12-15-18-21-27-37-49(54)56-46-40-50(4,5)39-29-24-31-42-51(43-32-33-44-52)41-30-23-22-28-36-48(53)55-45-38-47(34-25-19-16-13-10-7-2)35-26-20-17-14-11-8-3/h47,52H,6-46H2,1-5H3. The fraction of sp³-hybridized carbons (Fsp3) is 0.960. The number of rotatable bonds is 45. The Morgan fingerprint density at radius 3 is 1.34 bits per heavy atom. The highest BCUT2D eigenvalue weighted by Crippen LogP contribution is 2.28. The molecule has 0 aliphatic rings. The first kappa shape index (κ1) is 54.9. The molecule has 334 valence electrons. The maximum Gasteiger partial charge on any atom is 0.305 e. The molecule has 0 amide bonds. The van der Waals surface area contributed by atoms with Crippen LogP contribution in [0.15, 0.2) is 0 Å². The summed E-state index contributed by atoms with van der Waals surface area (Å²) in [7, 11) is 0. The van der Waals surface area contributed by atoms with Crippen molar-refractivity contribution in [1.82, 2.24) is 4.90 Å². The highest BCUT2D eigenvalue weighted by atomic mass is 16.5. The summed E-state index contributed by atoms with van der Waals surface area (Å²) >= 11 is 0. The van der Waals surface area contributed by atoms with Gasteiger partial charge in [0.25, 0.3) is 0 Å². The van der Waals surface area contributed by atoms with E-state index in [-0.39, 0.29) is 24.0 Å². The van der Waals surface area contributed by atoms with Crippen molar-refractivity contribution in [1.29, 1.82) is 0 Å². The average molecular weight is 794 g/mol. The van der Waals surface area contributed by atoms with Crippen molar-refractivity contribution < 1.29 is 24.2 Å². The van der Waals surface area contributed by atoms with E-state index >= 15 is 0 Å². The second-order valence-electron chi connectivity index (χ2n) is 18.2. The molecule has 0 saturated carbocycles. The molecule has 0 rings (SSSR count). The number of esters is 2. The number of carbonyl (C=O) groups excluding carboxylic acids is 2. The molecule has 0 radical (unpaired) electrons. The lowest BCUT2D eigenvalue weighted by Gasteiger charge is -2.25. The van der Waals surface area contributed by atoms with Crippen LogP contribution in [0.5, 0.6) is 0 Å². The molecule has 0 aliphatic carbocycles. The largest absolute Gasteiger partial charge is 0.466 e. The summed E-state index contributed by atoms with van der Waals surface area (Å²) in [6.07, 6.45) is 41.5. The van der Waals surface area contributed by atoms with Gasteiger partial charge in [-0.1, -0.05) is 189 Å². The van der Waals surface area contributed by atoms with Gasteiger partial charge in [0.2, 0.25) is 0 Å². The Kier molecular flexibility index (Phi) is 41.1. The van der Waals surface area contributed by atoms with Gasteiger partial charge >= 0.3 is 11.9 Å². The Labute approximate surface area is 350 Å². The van der Waals surface area contributed by atoms with E-state index in [4.69, 9.17) is 9.47 Å². The van der Waals surface area contributed by atoms with Crippen LogP contribution in [0.4, 0.5) is 0 Å². The van der Waals surface area contributed by atoms with Gasteiger partial charge in [-0.25, -0.2) is 0 Å². The number of carbonyl (C=O) groups is 2. The predicted molar refractivity (Wildman–Crippen MR) is 241 cm³/mol. The van der Waals surface area contributed by atoms with Crippen molar-refractivity contribution in [2.75, 3.05) is 39.5 Å². The Bertz CT molecular complexity index is 816. The molecule has 0 saturated heterocycles. The molecule has 0 bridgehead atoms. The molecule has 0 atom stereocenters. The molecule has 6 heteroatoms. The van der Waals surface area contributed by atoms with Crippen LogP contribution >= 0.6 is 0 Å². The van der Waals surface area contributed by atoms with Gasteiger partial charge in [0.15, 0.2) is 0 Å². The molecule has 0 unspecified atom stereocenters. The Balaban J connectivity index is 4.21. The topological polar surface area (TPSA) is 76.1 Å². The molecule has 0 spiro atoms. The zero-order valence-electron chi connectivity index (χ0n) is 38.6. The number of unbranched alkanes of at least 4 members (excludes halogenated alkanes) is 22. The van der Waals surface area contributed by atoms with Crippen molar-refractivity contribution >= 4 is 11.9 Å². The molecule has 56 heavy (non-hydrogen) atoms. The molecule has 0 aliphatic heterocycles. The molecule has 0 aromatic carbocycles. The summed E-state index contributed by atoms with van der Waals surface area (Å²) < 4.78 is 11.3. The molecule has 0 aromatic heterocycles. The van der Waals surface area contributed by atoms with Gasteiger partial charge in [-0.05, 0) is 88.8 Å². The maximum absolute atomic E-state index is 12.6. The highest BCUT2D eigenvalue weighted by Gasteiger charge is 2.18. The van der Waals surface area contributed by atoms with Gasteiger partial charge in [-0.3, -0.25) is 9.59 Å². The zero-order chi connectivity index (χ0) is 41.2. The highest BCUT2D eigenvalue weighted by molar-refractivity contribution is 5.69. The predicted octanol–water partition coefficient (Wildman–Crippen LogP) is 14.7. The minimum absolute atomic E-state index is 0.00324. The van der Waals surface area contributed by atoms with Crippen LogP contribution in [0.3, 0.4) is 0 Å². The number of ether oxygens (including phenoxy) is 2. The quantitative estimate of drug-likeness (QED) is 0.0489. The minimum atomic E-state index is -0.0235. The van der Waals surface area contributed by atoms with Crippen LogP contribution in [0, 0.1) is 11.3 Å². The lowest BCUT2D eigenvalue weighted by Crippen LogP contribution is -2.27. The normalized spacial score (nSPS) is 11.9. The first-order valence-corrected chi connectivity index (χ1v) is 24.9. The van der Waals surface area contributed by atoms with Crippen LogP contribution in [0.1, 0.15) is 259 Å². The van der Waals surface area contributed by atoms with Crippen molar-refractivity contribution in [3.05, 3.63) is 0 Å². The average Bonchev–Trinajstić information content (AvgIpc) is 3.17. The summed E-state index contributed by atoms with van der Waals surface area (Å²) in [5, 5.41) is 9.32. The van der Waals surface area contributed by atoms with Gasteiger partial charge in [0, 0.05) is 19.4 Å². The minimum Gasteiger partial charge on any atom is -0.466 e. The van der Waals surface area contributed by atoms with E-state index in [1.807, 2.05) is 0 Å². The second kappa shape index (κ2) is 42.0. The lowest BCUT2D eigenvalue weighted by molar-refractivity contribution is -0.145. The van der Waals surface area contributed by atoms with E-state index in [9.17, 15) is 14.7 Å². The summed E-state index contributed by atoms with van der Waals surface area (Å²) in [5.41, 5.74) is 0.190. The van der Waals surface area contributed by atoms with Crippen molar-refractivity contribution in [3.63, 3.8) is 0 Å². The Morgan fingerprint density at radius 1 is 0.464 bits per heavy atom. The molecule has 0 heterocycles. The van der Waals surface area contributed by atoms with Gasteiger partial charge in [0.05, 0.1) is 13.2 Å².